The zero-order chi connectivity index (χ0) is 22.5. The smallest absolute Gasteiger partial charge is 0.220 e. The third-order valence-corrected chi connectivity index (χ3v) is 5.59. The van der Waals surface area contributed by atoms with E-state index in [-0.39, 0.29) is 5.91 Å². The number of rotatable bonds is 9. The summed E-state index contributed by atoms with van der Waals surface area (Å²) in [6.07, 6.45) is 1.19. The molecule has 2 aromatic heterocycles. The first-order chi connectivity index (χ1) is 14.7. The number of benzene rings is 1. The molecule has 3 aromatic rings. The molecular weight excluding hydrogens is 386 g/mol. The summed E-state index contributed by atoms with van der Waals surface area (Å²) in [5, 5.41) is 12.3. The molecule has 31 heavy (non-hydrogen) atoms. The van der Waals surface area contributed by atoms with E-state index in [1.165, 1.54) is 16.8 Å². The number of carbonyl (C=O) groups excluding carboxylic acids is 1. The summed E-state index contributed by atoms with van der Waals surface area (Å²) in [6.45, 7) is 14.8. The summed E-state index contributed by atoms with van der Waals surface area (Å²) in [5.74, 6) is 0.616. The van der Waals surface area contributed by atoms with Crippen LogP contribution >= 0.6 is 0 Å². The van der Waals surface area contributed by atoms with Gasteiger partial charge in [0.05, 0.1) is 17.9 Å². The number of hydrogen-bond acceptors (Lipinski definition) is 3. The highest BCUT2D eigenvalue weighted by molar-refractivity contribution is 5.76. The van der Waals surface area contributed by atoms with E-state index in [1.807, 2.05) is 24.6 Å². The standard InChI is InChI=1S/C25H35N5O/c1-17(2)15-30-21(6)24(20(5)28-30)10-11-25(31)26-14-22-8-7-9-23(13-22)16-29-19(4)12-18(3)27-29/h7-9,12-13,17H,10-11,14-16H2,1-6H3,(H,26,31). The summed E-state index contributed by atoms with van der Waals surface area (Å²) in [6, 6.07) is 10.4. The van der Waals surface area contributed by atoms with Crippen molar-refractivity contribution in [2.75, 3.05) is 0 Å². The molecule has 0 saturated carbocycles. The molecule has 1 N–H and O–H groups in total. The van der Waals surface area contributed by atoms with Gasteiger partial charge in [-0.3, -0.25) is 14.2 Å². The maximum absolute atomic E-state index is 12.5. The average Bonchev–Trinajstić information content (AvgIpc) is 3.15. The lowest BCUT2D eigenvalue weighted by atomic mass is 10.1. The molecule has 166 valence electrons. The quantitative estimate of drug-likeness (QED) is 0.561. The fourth-order valence-corrected chi connectivity index (χ4v) is 3.99. The van der Waals surface area contributed by atoms with Crippen molar-refractivity contribution in [3.8, 4) is 0 Å². The van der Waals surface area contributed by atoms with Crippen molar-refractivity contribution in [1.29, 1.82) is 0 Å². The van der Waals surface area contributed by atoms with E-state index in [9.17, 15) is 4.79 Å². The fourth-order valence-electron chi connectivity index (χ4n) is 3.99. The van der Waals surface area contributed by atoms with E-state index < -0.39 is 0 Å². The van der Waals surface area contributed by atoms with E-state index >= 15 is 0 Å². The van der Waals surface area contributed by atoms with Crippen molar-refractivity contribution in [2.45, 2.75) is 74.0 Å². The second-order valence-electron chi connectivity index (χ2n) is 8.91. The Bertz CT molecular complexity index is 1040. The van der Waals surface area contributed by atoms with Crippen LogP contribution in [0.15, 0.2) is 30.3 Å². The number of nitrogens with zero attached hydrogens (tertiary/aromatic N) is 4. The van der Waals surface area contributed by atoms with Crippen LogP contribution in [0.3, 0.4) is 0 Å². The summed E-state index contributed by atoms with van der Waals surface area (Å²) in [5.41, 5.74) is 7.87. The molecule has 0 spiro atoms. The van der Waals surface area contributed by atoms with Gasteiger partial charge < -0.3 is 5.32 Å². The molecule has 6 heteroatoms. The summed E-state index contributed by atoms with van der Waals surface area (Å²) < 4.78 is 4.08. The van der Waals surface area contributed by atoms with Crippen LogP contribution in [0.5, 0.6) is 0 Å². The van der Waals surface area contributed by atoms with Gasteiger partial charge in [-0.05, 0) is 62.8 Å². The number of aromatic nitrogens is 4. The van der Waals surface area contributed by atoms with Gasteiger partial charge in [-0.25, -0.2) is 0 Å². The lowest BCUT2D eigenvalue weighted by molar-refractivity contribution is -0.121. The molecular formula is C25H35N5O. The minimum Gasteiger partial charge on any atom is -0.352 e. The molecule has 1 amide bonds. The predicted molar refractivity (Wildman–Crippen MR) is 124 cm³/mol. The third-order valence-electron chi connectivity index (χ3n) is 5.59. The predicted octanol–water partition coefficient (Wildman–Crippen LogP) is 4.27. The van der Waals surface area contributed by atoms with Gasteiger partial charge >= 0.3 is 0 Å². The van der Waals surface area contributed by atoms with Crippen molar-refractivity contribution >= 4 is 5.91 Å². The Morgan fingerprint density at radius 2 is 1.77 bits per heavy atom. The summed E-state index contributed by atoms with van der Waals surface area (Å²) in [7, 11) is 0. The number of amides is 1. The van der Waals surface area contributed by atoms with Crippen LogP contribution in [0.2, 0.25) is 0 Å². The molecule has 3 rings (SSSR count). The first-order valence-corrected chi connectivity index (χ1v) is 11.1. The van der Waals surface area contributed by atoms with Gasteiger partial charge in [0.2, 0.25) is 5.91 Å². The van der Waals surface area contributed by atoms with Crippen LogP contribution < -0.4 is 5.32 Å². The van der Waals surface area contributed by atoms with Gasteiger partial charge in [0.1, 0.15) is 0 Å². The first kappa shape index (κ1) is 22.8. The molecule has 0 aliphatic rings. The van der Waals surface area contributed by atoms with Gasteiger partial charge in [-0.2, -0.15) is 10.2 Å². The van der Waals surface area contributed by atoms with Gasteiger partial charge in [0.15, 0.2) is 0 Å². The van der Waals surface area contributed by atoms with Gasteiger partial charge in [0, 0.05) is 30.9 Å². The van der Waals surface area contributed by atoms with Gasteiger partial charge in [-0.15, -0.1) is 0 Å². The van der Waals surface area contributed by atoms with Crippen LogP contribution in [0, 0.1) is 33.6 Å². The van der Waals surface area contributed by atoms with Crippen LogP contribution in [0.4, 0.5) is 0 Å². The van der Waals surface area contributed by atoms with Crippen LogP contribution in [-0.2, 0) is 30.8 Å². The third kappa shape index (κ3) is 6.06. The average molecular weight is 422 g/mol. The minimum absolute atomic E-state index is 0.0689. The van der Waals surface area contributed by atoms with Gasteiger partial charge in [-0.1, -0.05) is 38.1 Å². The Hall–Kier alpha value is -2.89. The Morgan fingerprint density at radius 1 is 1.03 bits per heavy atom. The number of nitrogens with one attached hydrogen (secondary N) is 1. The molecule has 0 aliphatic carbocycles. The highest BCUT2D eigenvalue weighted by atomic mass is 16.1. The van der Waals surface area contributed by atoms with E-state index in [1.54, 1.807) is 0 Å². The first-order valence-electron chi connectivity index (χ1n) is 11.1. The maximum atomic E-state index is 12.5. The van der Waals surface area contributed by atoms with Crippen LogP contribution in [0.25, 0.3) is 0 Å². The van der Waals surface area contributed by atoms with Gasteiger partial charge in [0.25, 0.3) is 0 Å². The number of carbonyl (C=O) groups is 1. The molecule has 0 fully saturated rings. The fraction of sp³-hybridized carbons (Fsp3) is 0.480. The lowest BCUT2D eigenvalue weighted by Gasteiger charge is -2.09. The Balaban J connectivity index is 1.53. The number of hydrogen-bond donors (Lipinski definition) is 1. The molecule has 0 unspecified atom stereocenters. The van der Waals surface area contributed by atoms with E-state index in [4.69, 9.17) is 0 Å². The van der Waals surface area contributed by atoms with E-state index in [2.05, 4.69) is 72.2 Å². The molecule has 0 saturated heterocycles. The molecule has 0 radical (unpaired) electrons. The van der Waals surface area contributed by atoms with E-state index in [0.29, 0.717) is 18.9 Å². The van der Waals surface area contributed by atoms with Crippen molar-refractivity contribution in [1.82, 2.24) is 24.9 Å². The maximum Gasteiger partial charge on any atom is 0.220 e. The molecule has 0 atom stereocenters. The number of aryl methyl sites for hydroxylation is 3. The molecule has 2 heterocycles. The van der Waals surface area contributed by atoms with Crippen LogP contribution in [0.1, 0.15) is 59.7 Å². The van der Waals surface area contributed by atoms with Crippen molar-refractivity contribution in [3.63, 3.8) is 0 Å². The minimum atomic E-state index is 0.0689. The van der Waals surface area contributed by atoms with Crippen molar-refractivity contribution in [3.05, 3.63) is 69.8 Å². The monoisotopic (exact) mass is 421 g/mol. The SMILES string of the molecule is Cc1cc(C)n(Cc2cccc(CNC(=O)CCc3c(C)nn(CC(C)C)c3C)c2)n1. The lowest BCUT2D eigenvalue weighted by Crippen LogP contribution is -2.23. The Morgan fingerprint density at radius 3 is 2.45 bits per heavy atom. The summed E-state index contributed by atoms with van der Waals surface area (Å²) >= 11 is 0. The van der Waals surface area contributed by atoms with Crippen molar-refractivity contribution in [2.24, 2.45) is 5.92 Å². The topological polar surface area (TPSA) is 64.7 Å². The highest BCUT2D eigenvalue weighted by Crippen LogP contribution is 2.17. The zero-order valence-corrected chi connectivity index (χ0v) is 19.7. The Labute approximate surface area is 185 Å². The van der Waals surface area contributed by atoms with E-state index in [0.717, 1.165) is 42.2 Å². The van der Waals surface area contributed by atoms with Crippen LogP contribution in [-0.4, -0.2) is 25.5 Å². The second-order valence-corrected chi connectivity index (χ2v) is 8.91. The van der Waals surface area contributed by atoms with Crippen molar-refractivity contribution < 1.29 is 4.79 Å². The molecule has 6 nitrogen and oxygen atoms in total. The Kier molecular flexibility index (Phi) is 7.31. The molecule has 1 aromatic carbocycles. The zero-order valence-electron chi connectivity index (χ0n) is 19.7. The molecule has 0 bridgehead atoms. The largest absolute Gasteiger partial charge is 0.352 e. The normalized spacial score (nSPS) is 11.3. The second kappa shape index (κ2) is 9.94. The highest BCUT2D eigenvalue weighted by Gasteiger charge is 2.14. The summed E-state index contributed by atoms with van der Waals surface area (Å²) in [4.78, 5) is 12.5. The molecule has 0 aliphatic heterocycles.